The molecule has 0 amide bonds. The molecule has 0 fully saturated rings. The molecule has 0 saturated heterocycles. The Morgan fingerprint density at radius 3 is 2.26 bits per heavy atom. The molecule has 0 spiro atoms. The van der Waals surface area contributed by atoms with E-state index in [1.165, 1.54) is 12.1 Å². The zero-order valence-electron chi connectivity index (χ0n) is 21.4. The Balaban J connectivity index is 1.91. The molecule has 1 aromatic heterocycles. The van der Waals surface area contributed by atoms with E-state index in [1.807, 2.05) is 37.4 Å². The van der Waals surface area contributed by atoms with E-state index in [9.17, 15) is 9.50 Å². The van der Waals surface area contributed by atoms with Gasteiger partial charge in [-0.15, -0.1) is 0 Å². The van der Waals surface area contributed by atoms with Gasteiger partial charge < -0.3 is 14.6 Å². The van der Waals surface area contributed by atoms with Crippen LogP contribution in [0.2, 0.25) is 0 Å². The molecule has 2 aromatic carbocycles. The van der Waals surface area contributed by atoms with Crippen LogP contribution < -0.4 is 4.74 Å². The number of benzene rings is 2. The summed E-state index contributed by atoms with van der Waals surface area (Å²) >= 11 is 0. The van der Waals surface area contributed by atoms with Gasteiger partial charge in [0.15, 0.2) is 0 Å². The van der Waals surface area contributed by atoms with Crippen LogP contribution in [0.5, 0.6) is 11.6 Å². The molecule has 6 nitrogen and oxygen atoms in total. The average molecular weight is 484 g/mol. The second-order valence-corrected chi connectivity index (χ2v) is 9.85. The van der Waals surface area contributed by atoms with Gasteiger partial charge in [0.05, 0.1) is 18.3 Å². The molecule has 1 atom stereocenters. The molecule has 1 N–H and O–H groups in total. The topological polar surface area (TPSA) is 59.8 Å². The standard InChI is InChI=1S/C28H38FN3O3/c1-20(2)15-32(16-24(33)19-34-18-21(3)4)17-26-27(22-9-7-6-8-10-22)30-31(5)28(26)35-25-13-11-23(29)12-14-25/h6-14,20-21,24,33H,15-19H2,1-5H3/t24-/m0/s1. The molecule has 35 heavy (non-hydrogen) atoms. The van der Waals surface area contributed by atoms with Crippen LogP contribution in [0.25, 0.3) is 11.3 Å². The average Bonchev–Trinajstić information content (AvgIpc) is 3.10. The maximum absolute atomic E-state index is 13.4. The van der Waals surface area contributed by atoms with E-state index in [-0.39, 0.29) is 5.82 Å². The number of halogens is 1. The van der Waals surface area contributed by atoms with E-state index < -0.39 is 6.10 Å². The van der Waals surface area contributed by atoms with Crippen LogP contribution in [0.3, 0.4) is 0 Å². The molecule has 0 radical (unpaired) electrons. The molecular formula is C28H38FN3O3. The Morgan fingerprint density at radius 2 is 1.63 bits per heavy atom. The Hall–Kier alpha value is -2.74. The number of ether oxygens (including phenoxy) is 2. The molecule has 0 aliphatic heterocycles. The minimum absolute atomic E-state index is 0.296. The van der Waals surface area contributed by atoms with Crippen molar-refractivity contribution in [2.75, 3.05) is 26.3 Å². The number of aromatic nitrogens is 2. The first-order chi connectivity index (χ1) is 16.7. The lowest BCUT2D eigenvalue weighted by molar-refractivity contribution is 0.00516. The molecule has 1 heterocycles. The van der Waals surface area contributed by atoms with Crippen LogP contribution in [0.1, 0.15) is 33.3 Å². The van der Waals surface area contributed by atoms with Gasteiger partial charge in [-0.1, -0.05) is 58.0 Å². The van der Waals surface area contributed by atoms with Crippen LogP contribution in [-0.4, -0.2) is 52.2 Å². The summed E-state index contributed by atoms with van der Waals surface area (Å²) in [6, 6.07) is 16.0. The van der Waals surface area contributed by atoms with E-state index in [1.54, 1.807) is 16.8 Å². The molecule has 3 aromatic rings. The largest absolute Gasteiger partial charge is 0.439 e. The predicted molar refractivity (Wildman–Crippen MR) is 137 cm³/mol. The highest BCUT2D eigenvalue weighted by atomic mass is 19.1. The van der Waals surface area contributed by atoms with Gasteiger partial charge in [0.1, 0.15) is 17.3 Å². The highest BCUT2D eigenvalue weighted by Gasteiger charge is 2.24. The first kappa shape index (κ1) is 26.9. The van der Waals surface area contributed by atoms with Crippen molar-refractivity contribution in [2.24, 2.45) is 18.9 Å². The minimum atomic E-state index is -0.606. The maximum atomic E-state index is 13.4. The normalized spacial score (nSPS) is 12.6. The Morgan fingerprint density at radius 1 is 0.943 bits per heavy atom. The monoisotopic (exact) mass is 483 g/mol. The molecule has 0 bridgehead atoms. The molecule has 0 saturated carbocycles. The molecule has 7 heteroatoms. The van der Waals surface area contributed by atoms with Gasteiger partial charge in [-0.05, 0) is 36.1 Å². The minimum Gasteiger partial charge on any atom is -0.439 e. The van der Waals surface area contributed by atoms with Crippen molar-refractivity contribution in [3.8, 4) is 22.9 Å². The lowest BCUT2D eigenvalue weighted by Gasteiger charge is -2.27. The van der Waals surface area contributed by atoms with Crippen LogP contribution in [-0.2, 0) is 18.3 Å². The number of hydrogen-bond acceptors (Lipinski definition) is 5. The van der Waals surface area contributed by atoms with Crippen molar-refractivity contribution in [3.05, 3.63) is 66.0 Å². The SMILES string of the molecule is CC(C)COC[C@@H](O)CN(Cc1c(-c2ccccc2)nn(C)c1Oc1ccc(F)cc1)CC(C)C. The quantitative estimate of drug-likeness (QED) is 0.347. The van der Waals surface area contributed by atoms with Crippen molar-refractivity contribution in [3.63, 3.8) is 0 Å². The van der Waals surface area contributed by atoms with Crippen molar-refractivity contribution in [2.45, 2.75) is 40.3 Å². The number of aryl methyl sites for hydroxylation is 1. The molecule has 3 rings (SSSR count). The van der Waals surface area contributed by atoms with Crippen molar-refractivity contribution >= 4 is 0 Å². The van der Waals surface area contributed by atoms with Gasteiger partial charge in [0, 0.05) is 38.9 Å². The summed E-state index contributed by atoms with van der Waals surface area (Å²) in [6.07, 6.45) is -0.606. The third-order valence-electron chi connectivity index (χ3n) is 5.40. The van der Waals surface area contributed by atoms with Crippen LogP contribution >= 0.6 is 0 Å². The molecule has 0 aliphatic carbocycles. The van der Waals surface area contributed by atoms with Crippen molar-refractivity contribution < 1.29 is 19.0 Å². The van der Waals surface area contributed by atoms with Gasteiger partial charge in [-0.2, -0.15) is 5.10 Å². The summed E-state index contributed by atoms with van der Waals surface area (Å²) in [5.74, 6) is 1.63. The van der Waals surface area contributed by atoms with Gasteiger partial charge in [0.2, 0.25) is 5.88 Å². The smallest absolute Gasteiger partial charge is 0.222 e. The Kier molecular flexibility index (Phi) is 9.83. The first-order valence-electron chi connectivity index (χ1n) is 12.3. The number of aliphatic hydroxyl groups is 1. The summed E-state index contributed by atoms with van der Waals surface area (Å²) in [4.78, 5) is 2.22. The van der Waals surface area contributed by atoms with E-state index in [0.29, 0.717) is 49.8 Å². The van der Waals surface area contributed by atoms with E-state index in [2.05, 4.69) is 32.6 Å². The summed E-state index contributed by atoms with van der Waals surface area (Å²) in [5.41, 5.74) is 2.72. The third kappa shape index (κ3) is 8.16. The van der Waals surface area contributed by atoms with E-state index in [4.69, 9.17) is 14.6 Å². The zero-order chi connectivity index (χ0) is 25.4. The molecular weight excluding hydrogens is 445 g/mol. The number of rotatable bonds is 13. The lowest BCUT2D eigenvalue weighted by Crippen LogP contribution is -2.37. The second kappa shape index (κ2) is 12.8. The summed E-state index contributed by atoms with van der Waals surface area (Å²) in [7, 11) is 1.84. The Bertz CT molecular complexity index is 1040. The van der Waals surface area contributed by atoms with Crippen LogP contribution in [0.15, 0.2) is 54.6 Å². The molecule has 0 unspecified atom stereocenters. The van der Waals surface area contributed by atoms with Gasteiger partial charge in [-0.25, -0.2) is 9.07 Å². The van der Waals surface area contributed by atoms with Gasteiger partial charge in [0.25, 0.3) is 0 Å². The first-order valence-corrected chi connectivity index (χ1v) is 12.3. The zero-order valence-corrected chi connectivity index (χ0v) is 21.4. The fourth-order valence-electron chi connectivity index (χ4n) is 4.00. The Labute approximate surface area is 208 Å². The number of nitrogens with zero attached hydrogens (tertiary/aromatic N) is 3. The molecule has 0 aliphatic rings. The van der Waals surface area contributed by atoms with Gasteiger partial charge in [-0.3, -0.25) is 4.90 Å². The van der Waals surface area contributed by atoms with Crippen LogP contribution in [0.4, 0.5) is 4.39 Å². The summed E-state index contributed by atoms with van der Waals surface area (Å²) < 4.78 is 27.1. The molecule has 190 valence electrons. The van der Waals surface area contributed by atoms with Crippen LogP contribution in [0, 0.1) is 17.7 Å². The van der Waals surface area contributed by atoms with Crippen molar-refractivity contribution in [1.29, 1.82) is 0 Å². The lowest BCUT2D eigenvalue weighted by atomic mass is 10.1. The predicted octanol–water partition coefficient (Wildman–Crippen LogP) is 5.51. The summed E-state index contributed by atoms with van der Waals surface area (Å²) in [6.45, 7) is 11.2. The maximum Gasteiger partial charge on any atom is 0.222 e. The number of aliphatic hydroxyl groups excluding tert-OH is 1. The van der Waals surface area contributed by atoms with E-state index in [0.717, 1.165) is 23.4 Å². The van der Waals surface area contributed by atoms with Gasteiger partial charge >= 0.3 is 0 Å². The summed E-state index contributed by atoms with van der Waals surface area (Å²) in [5, 5.41) is 15.5. The van der Waals surface area contributed by atoms with E-state index >= 15 is 0 Å². The number of hydrogen-bond donors (Lipinski definition) is 1. The third-order valence-corrected chi connectivity index (χ3v) is 5.40. The van der Waals surface area contributed by atoms with Crippen molar-refractivity contribution in [1.82, 2.24) is 14.7 Å². The second-order valence-electron chi connectivity index (χ2n) is 9.85. The fourth-order valence-corrected chi connectivity index (χ4v) is 4.00. The highest BCUT2D eigenvalue weighted by molar-refractivity contribution is 5.65. The fraction of sp³-hybridized carbons (Fsp3) is 0.464. The highest BCUT2D eigenvalue weighted by Crippen LogP contribution is 2.34.